The number of nitrogens with one attached hydrogen (secondary N) is 3. The predicted molar refractivity (Wildman–Crippen MR) is 152 cm³/mol. The Kier molecular flexibility index (Phi) is 14.2. The van der Waals surface area contributed by atoms with Crippen LogP contribution in [0.25, 0.3) is 0 Å². The Labute approximate surface area is 217 Å². The van der Waals surface area contributed by atoms with Crippen LogP contribution in [-0.4, -0.2) is 24.2 Å². The van der Waals surface area contributed by atoms with Crippen molar-refractivity contribution in [3.05, 3.63) is 89.3 Å². The topological polar surface area (TPSA) is 87.1 Å². The molecule has 6 heteroatoms. The number of anilines is 1. The third kappa shape index (κ3) is 8.52. The highest BCUT2D eigenvalue weighted by Crippen LogP contribution is 2.30. The van der Waals surface area contributed by atoms with Gasteiger partial charge in [-0.25, -0.2) is 4.98 Å². The summed E-state index contributed by atoms with van der Waals surface area (Å²) in [5, 5.41) is 14.3. The number of allylic oxidation sites excluding steroid dienone is 4. The molecule has 0 aliphatic heterocycles. The number of benzene rings is 1. The van der Waals surface area contributed by atoms with Gasteiger partial charge in [-0.1, -0.05) is 58.6 Å². The molecule has 0 bridgehead atoms. The van der Waals surface area contributed by atoms with Gasteiger partial charge in [-0.05, 0) is 67.2 Å². The van der Waals surface area contributed by atoms with Gasteiger partial charge in [0.15, 0.2) is 0 Å². The van der Waals surface area contributed by atoms with E-state index < -0.39 is 0 Å². The molecule has 1 amide bonds. The number of aromatic nitrogens is 1. The van der Waals surface area contributed by atoms with Crippen molar-refractivity contribution in [2.45, 2.75) is 60.4 Å². The normalized spacial score (nSPS) is 14.3. The van der Waals surface area contributed by atoms with Gasteiger partial charge in [0.1, 0.15) is 11.6 Å². The van der Waals surface area contributed by atoms with Crippen molar-refractivity contribution in [1.82, 2.24) is 10.3 Å². The third-order valence-corrected chi connectivity index (χ3v) is 5.62. The molecule has 1 aliphatic rings. The molecule has 0 fully saturated rings. The summed E-state index contributed by atoms with van der Waals surface area (Å²) < 4.78 is 5.20. The van der Waals surface area contributed by atoms with Gasteiger partial charge in [0, 0.05) is 36.1 Å². The number of nitrogens with zero attached hydrogens (tertiary/aromatic N) is 1. The Morgan fingerprint density at radius 1 is 1.22 bits per heavy atom. The molecule has 0 saturated heterocycles. The number of pyridine rings is 1. The molecule has 1 aromatic heterocycles. The number of ether oxygens (including phenoxy) is 1. The van der Waals surface area contributed by atoms with Crippen LogP contribution in [0.2, 0.25) is 0 Å². The van der Waals surface area contributed by atoms with Crippen molar-refractivity contribution in [3.8, 4) is 5.75 Å². The maximum absolute atomic E-state index is 12.8. The highest BCUT2D eigenvalue weighted by atomic mass is 16.5. The lowest BCUT2D eigenvalue weighted by atomic mass is 9.82. The van der Waals surface area contributed by atoms with Gasteiger partial charge in [0.2, 0.25) is 5.91 Å². The first kappa shape index (κ1) is 30.4. The van der Waals surface area contributed by atoms with Crippen LogP contribution in [0.3, 0.4) is 0 Å². The molecule has 2 aromatic rings. The number of carbonyl (C=O) groups excluding carboxylic acids is 1. The fraction of sp³-hybridized carbons (Fsp3) is 0.367. The summed E-state index contributed by atoms with van der Waals surface area (Å²) >= 11 is 0. The Hall–Kier alpha value is -3.67. The van der Waals surface area contributed by atoms with E-state index in [0.717, 1.165) is 40.8 Å². The molecular weight excluding hydrogens is 448 g/mol. The van der Waals surface area contributed by atoms with E-state index in [2.05, 4.69) is 22.2 Å². The van der Waals surface area contributed by atoms with E-state index in [1.807, 2.05) is 83.3 Å². The van der Waals surface area contributed by atoms with Crippen LogP contribution >= 0.6 is 0 Å². The van der Waals surface area contributed by atoms with E-state index in [1.54, 1.807) is 13.2 Å². The SMILES string of the molecule is C=C/C(=C\C=C/C)NC(=O)C1CCc2c(cnc(NCc3ccc(OC)cc3)c2C=N)C1.CC.CC. The van der Waals surface area contributed by atoms with Crippen molar-refractivity contribution < 1.29 is 9.53 Å². The minimum atomic E-state index is -0.130. The zero-order valence-electron chi connectivity index (χ0n) is 22.7. The van der Waals surface area contributed by atoms with Crippen molar-refractivity contribution in [1.29, 1.82) is 5.41 Å². The number of amides is 1. The van der Waals surface area contributed by atoms with E-state index in [-0.39, 0.29) is 11.8 Å². The van der Waals surface area contributed by atoms with Crippen molar-refractivity contribution in [3.63, 3.8) is 0 Å². The Morgan fingerprint density at radius 2 is 1.92 bits per heavy atom. The summed E-state index contributed by atoms with van der Waals surface area (Å²) in [5.41, 5.74) is 4.72. The van der Waals surface area contributed by atoms with Crippen LogP contribution in [-0.2, 0) is 24.2 Å². The fourth-order valence-electron chi connectivity index (χ4n) is 3.82. The first-order valence-electron chi connectivity index (χ1n) is 12.7. The maximum atomic E-state index is 12.8. The minimum absolute atomic E-state index is 0.00980. The third-order valence-electron chi connectivity index (χ3n) is 5.62. The monoisotopic (exact) mass is 490 g/mol. The summed E-state index contributed by atoms with van der Waals surface area (Å²) in [6.07, 6.45) is 12.5. The molecule has 3 N–H and O–H groups in total. The van der Waals surface area contributed by atoms with Gasteiger partial charge < -0.3 is 20.8 Å². The van der Waals surface area contributed by atoms with Crippen LogP contribution in [0.4, 0.5) is 5.82 Å². The van der Waals surface area contributed by atoms with Crippen LogP contribution in [0.5, 0.6) is 5.75 Å². The molecular formula is C30H42N4O2. The number of fused-ring (bicyclic) bond motifs is 1. The molecule has 0 spiro atoms. The second kappa shape index (κ2) is 16.9. The Bertz CT molecular complexity index is 1040. The summed E-state index contributed by atoms with van der Waals surface area (Å²) in [4.78, 5) is 17.3. The standard InChI is InChI=1S/C26H30N4O2.2C2H6/c1-4-6-7-21(5-2)30-26(31)19-10-13-23-20(14-19)17-29-25(24(23)15-27)28-16-18-8-11-22(32-3)12-9-18;2*1-2/h4-9,11-12,15,17,19,27H,2,10,13-14,16H2,1,3H3,(H,28,29)(H,30,31);2*1-2H3/b6-4-,21-7+,27-15?;;. The molecule has 1 atom stereocenters. The number of methoxy groups -OCH3 is 1. The van der Waals surface area contributed by atoms with Gasteiger partial charge in [-0.3, -0.25) is 4.79 Å². The van der Waals surface area contributed by atoms with Crippen LogP contribution in [0.1, 0.15) is 63.3 Å². The van der Waals surface area contributed by atoms with Crippen LogP contribution < -0.4 is 15.4 Å². The molecule has 1 unspecified atom stereocenters. The molecule has 1 aromatic carbocycles. The van der Waals surface area contributed by atoms with Gasteiger partial charge >= 0.3 is 0 Å². The van der Waals surface area contributed by atoms with Crippen molar-refractivity contribution >= 4 is 17.9 Å². The maximum Gasteiger partial charge on any atom is 0.227 e. The second-order valence-corrected chi connectivity index (χ2v) is 7.65. The fourth-order valence-corrected chi connectivity index (χ4v) is 3.82. The lowest BCUT2D eigenvalue weighted by Gasteiger charge is -2.26. The highest BCUT2D eigenvalue weighted by molar-refractivity contribution is 5.88. The average molecular weight is 491 g/mol. The van der Waals surface area contributed by atoms with Crippen LogP contribution in [0, 0.1) is 11.3 Å². The summed E-state index contributed by atoms with van der Waals surface area (Å²) in [7, 11) is 1.65. The van der Waals surface area contributed by atoms with Gasteiger partial charge in [-0.15, -0.1) is 0 Å². The first-order chi connectivity index (χ1) is 17.6. The molecule has 0 saturated carbocycles. The lowest BCUT2D eigenvalue weighted by molar-refractivity contribution is -0.124. The zero-order chi connectivity index (χ0) is 26.9. The van der Waals surface area contributed by atoms with Crippen molar-refractivity contribution in [2.24, 2.45) is 5.92 Å². The predicted octanol–water partition coefficient (Wildman–Crippen LogP) is 6.62. The number of carbonyl (C=O) groups is 1. The van der Waals surface area contributed by atoms with Gasteiger partial charge in [0.05, 0.1) is 7.11 Å². The summed E-state index contributed by atoms with van der Waals surface area (Å²) in [5.74, 6) is 1.37. The second-order valence-electron chi connectivity index (χ2n) is 7.65. The van der Waals surface area contributed by atoms with Gasteiger partial charge in [-0.2, -0.15) is 0 Å². The van der Waals surface area contributed by atoms with E-state index in [4.69, 9.17) is 10.1 Å². The number of rotatable bonds is 9. The Morgan fingerprint density at radius 3 is 2.50 bits per heavy atom. The number of hydrogen-bond acceptors (Lipinski definition) is 5. The Balaban J connectivity index is 0.00000154. The van der Waals surface area contributed by atoms with Crippen molar-refractivity contribution in [2.75, 3.05) is 12.4 Å². The molecule has 3 rings (SSSR count). The lowest BCUT2D eigenvalue weighted by Crippen LogP contribution is -2.33. The van der Waals surface area contributed by atoms with Crippen LogP contribution in [0.15, 0.2) is 67.0 Å². The smallest absolute Gasteiger partial charge is 0.227 e. The first-order valence-corrected chi connectivity index (χ1v) is 12.7. The minimum Gasteiger partial charge on any atom is -0.497 e. The zero-order valence-corrected chi connectivity index (χ0v) is 22.7. The summed E-state index contributed by atoms with van der Waals surface area (Å²) in [6, 6.07) is 7.84. The molecule has 0 radical (unpaired) electrons. The molecule has 36 heavy (non-hydrogen) atoms. The molecule has 194 valence electrons. The largest absolute Gasteiger partial charge is 0.497 e. The van der Waals surface area contributed by atoms with Gasteiger partial charge in [0.25, 0.3) is 0 Å². The molecule has 6 nitrogen and oxygen atoms in total. The molecule has 1 aliphatic carbocycles. The quantitative estimate of drug-likeness (QED) is 0.272. The average Bonchev–Trinajstić information content (AvgIpc) is 2.95. The summed E-state index contributed by atoms with van der Waals surface area (Å²) in [6.45, 7) is 14.3. The highest BCUT2D eigenvalue weighted by Gasteiger charge is 2.27. The van der Waals surface area contributed by atoms with E-state index >= 15 is 0 Å². The molecule has 1 heterocycles. The van der Waals surface area contributed by atoms with E-state index in [1.165, 1.54) is 6.21 Å². The number of hydrogen-bond donors (Lipinski definition) is 3. The van der Waals surface area contributed by atoms with E-state index in [9.17, 15) is 4.79 Å². The van der Waals surface area contributed by atoms with E-state index in [0.29, 0.717) is 24.5 Å².